The first-order chi connectivity index (χ1) is 9.70. The molecule has 21 heavy (non-hydrogen) atoms. The van der Waals surface area contributed by atoms with Crippen molar-refractivity contribution in [2.24, 2.45) is 0 Å². The summed E-state index contributed by atoms with van der Waals surface area (Å²) >= 11 is 11.6. The second kappa shape index (κ2) is 5.54. The molecule has 0 amide bonds. The predicted octanol–water partition coefficient (Wildman–Crippen LogP) is 5.59. The van der Waals surface area contributed by atoms with E-state index in [1.807, 2.05) is 0 Å². The van der Waals surface area contributed by atoms with Crippen molar-refractivity contribution < 1.29 is 18.1 Å². The van der Waals surface area contributed by atoms with Gasteiger partial charge < -0.3 is 0 Å². The van der Waals surface area contributed by atoms with E-state index in [4.69, 9.17) is 23.2 Å². The molecule has 0 bridgehead atoms. The van der Waals surface area contributed by atoms with Gasteiger partial charge in [0.25, 0.3) is 5.69 Å². The van der Waals surface area contributed by atoms with E-state index < -0.39 is 16.7 Å². The van der Waals surface area contributed by atoms with Crippen LogP contribution in [-0.4, -0.2) is 4.92 Å². The van der Waals surface area contributed by atoms with Crippen LogP contribution in [0, 0.1) is 10.1 Å². The van der Waals surface area contributed by atoms with Crippen LogP contribution in [0.25, 0.3) is 11.1 Å². The molecule has 0 heterocycles. The van der Waals surface area contributed by atoms with Crippen molar-refractivity contribution in [2.45, 2.75) is 6.18 Å². The molecule has 8 heteroatoms. The quantitative estimate of drug-likeness (QED) is 0.530. The van der Waals surface area contributed by atoms with Gasteiger partial charge in [0.1, 0.15) is 0 Å². The molecule has 0 unspecified atom stereocenters. The number of nitro benzene ring substituents is 1. The molecule has 0 aliphatic carbocycles. The molecule has 0 N–H and O–H groups in total. The number of nitro groups is 1. The topological polar surface area (TPSA) is 43.1 Å². The average molecular weight is 336 g/mol. The molecular formula is C13H6Cl2F3NO2. The number of alkyl halides is 3. The van der Waals surface area contributed by atoms with Crippen LogP contribution in [0.15, 0.2) is 36.4 Å². The molecule has 2 aromatic rings. The van der Waals surface area contributed by atoms with E-state index in [0.29, 0.717) is 0 Å². The van der Waals surface area contributed by atoms with Gasteiger partial charge in [-0.3, -0.25) is 10.1 Å². The van der Waals surface area contributed by atoms with Crippen molar-refractivity contribution in [1.82, 2.24) is 0 Å². The summed E-state index contributed by atoms with van der Waals surface area (Å²) in [6, 6.07) is 6.33. The van der Waals surface area contributed by atoms with Crippen molar-refractivity contribution in [1.29, 1.82) is 0 Å². The van der Waals surface area contributed by atoms with Gasteiger partial charge in [-0.05, 0) is 23.8 Å². The zero-order chi connectivity index (χ0) is 15.8. The summed E-state index contributed by atoms with van der Waals surface area (Å²) in [7, 11) is 0. The molecule has 0 atom stereocenters. The van der Waals surface area contributed by atoms with Crippen LogP contribution in [0.1, 0.15) is 5.56 Å². The molecule has 3 nitrogen and oxygen atoms in total. The summed E-state index contributed by atoms with van der Waals surface area (Å²) < 4.78 is 37.5. The number of hydrogen-bond donors (Lipinski definition) is 0. The molecule has 2 rings (SSSR count). The maximum absolute atomic E-state index is 12.5. The normalized spacial score (nSPS) is 11.5. The molecule has 0 radical (unpaired) electrons. The Labute approximate surface area is 127 Å². The van der Waals surface area contributed by atoms with Crippen LogP contribution in [0.3, 0.4) is 0 Å². The van der Waals surface area contributed by atoms with Crippen LogP contribution >= 0.6 is 23.2 Å². The Bertz CT molecular complexity index is 700. The van der Waals surface area contributed by atoms with Gasteiger partial charge in [-0.25, -0.2) is 0 Å². The van der Waals surface area contributed by atoms with Gasteiger partial charge in [0.05, 0.1) is 21.1 Å². The lowest BCUT2D eigenvalue weighted by molar-refractivity contribution is -0.384. The van der Waals surface area contributed by atoms with Crippen LogP contribution in [0.2, 0.25) is 10.0 Å². The fraction of sp³-hybridized carbons (Fsp3) is 0.0769. The Balaban J connectivity index is 2.59. The molecule has 2 aromatic carbocycles. The second-order valence-electron chi connectivity index (χ2n) is 4.11. The molecule has 0 aliphatic rings. The number of halogens is 5. The Morgan fingerprint density at radius 3 is 2.10 bits per heavy atom. The van der Waals surface area contributed by atoms with Crippen molar-refractivity contribution >= 4 is 28.9 Å². The van der Waals surface area contributed by atoms with E-state index >= 15 is 0 Å². The maximum atomic E-state index is 12.5. The van der Waals surface area contributed by atoms with E-state index in [-0.39, 0.29) is 26.9 Å². The molecule has 110 valence electrons. The maximum Gasteiger partial charge on any atom is 0.416 e. The summed E-state index contributed by atoms with van der Waals surface area (Å²) in [6.45, 7) is 0. The number of hydrogen-bond acceptors (Lipinski definition) is 2. The Morgan fingerprint density at radius 1 is 1.05 bits per heavy atom. The van der Waals surface area contributed by atoms with Gasteiger partial charge in [-0.1, -0.05) is 35.3 Å². The lowest BCUT2D eigenvalue weighted by atomic mass is 10.0. The zero-order valence-electron chi connectivity index (χ0n) is 10.1. The third-order valence-corrected chi connectivity index (χ3v) is 3.25. The third-order valence-electron chi connectivity index (χ3n) is 2.73. The molecule has 0 fully saturated rings. The first-order valence-electron chi connectivity index (χ1n) is 5.51. The lowest BCUT2D eigenvalue weighted by Crippen LogP contribution is -2.04. The fourth-order valence-corrected chi connectivity index (χ4v) is 2.41. The van der Waals surface area contributed by atoms with Crippen LogP contribution in [0.5, 0.6) is 0 Å². The van der Waals surface area contributed by atoms with Gasteiger partial charge in [0, 0.05) is 11.1 Å². The summed E-state index contributed by atoms with van der Waals surface area (Å²) in [5.41, 5.74) is -0.984. The highest BCUT2D eigenvalue weighted by Crippen LogP contribution is 2.39. The molecule has 0 saturated carbocycles. The average Bonchev–Trinajstić information content (AvgIpc) is 2.37. The highest BCUT2D eigenvalue weighted by molar-refractivity contribution is 6.37. The smallest absolute Gasteiger partial charge is 0.258 e. The van der Waals surface area contributed by atoms with Crippen molar-refractivity contribution in [3.63, 3.8) is 0 Å². The van der Waals surface area contributed by atoms with E-state index in [1.54, 1.807) is 0 Å². The summed E-state index contributed by atoms with van der Waals surface area (Å²) in [5.74, 6) is 0. The fourth-order valence-electron chi connectivity index (χ4n) is 1.82. The highest BCUT2D eigenvalue weighted by atomic mass is 35.5. The number of rotatable bonds is 2. The minimum atomic E-state index is -4.48. The van der Waals surface area contributed by atoms with E-state index in [0.717, 1.165) is 30.3 Å². The summed E-state index contributed by atoms with van der Waals surface area (Å²) in [4.78, 5) is 10.3. The first kappa shape index (κ1) is 15.6. The number of benzene rings is 2. The van der Waals surface area contributed by atoms with Crippen molar-refractivity contribution in [3.8, 4) is 11.1 Å². The molecule has 0 spiro atoms. The molecule has 0 aromatic heterocycles. The molecule has 0 aliphatic heterocycles. The minimum absolute atomic E-state index is 0.00559. The molecule has 0 saturated heterocycles. The third kappa shape index (κ3) is 3.28. The van der Waals surface area contributed by atoms with Gasteiger partial charge in [0.2, 0.25) is 0 Å². The lowest BCUT2D eigenvalue weighted by Gasteiger charge is -2.09. The SMILES string of the molecule is O=[N+]([O-])c1cc(Cl)cc(Cl)c1-c1ccc(C(F)(F)F)cc1. The zero-order valence-corrected chi connectivity index (χ0v) is 11.6. The summed E-state index contributed by atoms with van der Waals surface area (Å²) in [6.07, 6.45) is -4.48. The van der Waals surface area contributed by atoms with Gasteiger partial charge in [0.15, 0.2) is 0 Å². The van der Waals surface area contributed by atoms with Crippen LogP contribution < -0.4 is 0 Å². The van der Waals surface area contributed by atoms with Crippen LogP contribution in [0.4, 0.5) is 18.9 Å². The standard InChI is InChI=1S/C13H6Cl2F3NO2/c14-9-5-10(15)12(11(6-9)19(20)21)7-1-3-8(4-2-7)13(16,17)18/h1-6H. The first-order valence-corrected chi connectivity index (χ1v) is 6.27. The predicted molar refractivity (Wildman–Crippen MR) is 73.6 cm³/mol. The van der Waals surface area contributed by atoms with Gasteiger partial charge in [-0.15, -0.1) is 0 Å². The van der Waals surface area contributed by atoms with Gasteiger partial charge in [-0.2, -0.15) is 13.2 Å². The van der Waals surface area contributed by atoms with E-state index in [1.165, 1.54) is 6.07 Å². The van der Waals surface area contributed by atoms with Crippen molar-refractivity contribution in [3.05, 3.63) is 62.1 Å². The molecular weight excluding hydrogens is 330 g/mol. The second-order valence-corrected chi connectivity index (χ2v) is 4.96. The van der Waals surface area contributed by atoms with Crippen LogP contribution in [-0.2, 0) is 6.18 Å². The number of nitrogens with zero attached hydrogens (tertiary/aromatic N) is 1. The highest BCUT2D eigenvalue weighted by Gasteiger charge is 2.30. The van der Waals surface area contributed by atoms with Crippen molar-refractivity contribution in [2.75, 3.05) is 0 Å². The largest absolute Gasteiger partial charge is 0.416 e. The summed E-state index contributed by atoms with van der Waals surface area (Å²) in [5, 5.41) is 11.1. The monoisotopic (exact) mass is 335 g/mol. The minimum Gasteiger partial charge on any atom is -0.258 e. The van der Waals surface area contributed by atoms with E-state index in [2.05, 4.69) is 0 Å². The Morgan fingerprint density at radius 2 is 1.62 bits per heavy atom. The Kier molecular flexibility index (Phi) is 4.11. The van der Waals surface area contributed by atoms with Gasteiger partial charge >= 0.3 is 6.18 Å². The Hall–Kier alpha value is -1.79. The van der Waals surface area contributed by atoms with E-state index in [9.17, 15) is 23.3 Å².